The maximum atomic E-state index is 2.34. The Kier molecular flexibility index (Phi) is 14.2. The molecule has 0 aliphatic rings. The third kappa shape index (κ3) is 8.90. The van der Waals surface area contributed by atoms with E-state index >= 15 is 0 Å². The Labute approximate surface area is 280 Å². The number of rotatable bonds is 3. The Hall–Kier alpha value is -2.22. The molecule has 0 fully saturated rings. The van der Waals surface area contributed by atoms with E-state index < -0.39 is 0 Å². The molecule has 6 aromatic rings. The third-order valence-corrected chi connectivity index (χ3v) is 7.21. The van der Waals surface area contributed by atoms with Crippen molar-refractivity contribution in [2.75, 3.05) is 0 Å². The number of aryl methyl sites for hydroxylation is 3. The Morgan fingerprint density at radius 3 is 1.88 bits per heavy atom. The number of halogens is 2. The maximum absolute atomic E-state index is 2.34. The SMILES string of the molecule is CC(C)c1cc2c(-c3ccccc3)cccc2[cH-]1.C[Si](C)=[Zr+2].Cc1cc2c(-c3ccccc3C)ccc(C)c2[cH-]1.[Cl-].[Cl-]. The van der Waals surface area contributed by atoms with Crippen molar-refractivity contribution in [3.63, 3.8) is 0 Å². The summed E-state index contributed by atoms with van der Waals surface area (Å²) in [6.45, 7) is 15.6. The molecule has 6 aromatic carbocycles. The van der Waals surface area contributed by atoms with Crippen LogP contribution in [0.1, 0.15) is 42.0 Å². The second kappa shape index (κ2) is 16.6. The van der Waals surface area contributed by atoms with Gasteiger partial charge in [0.1, 0.15) is 0 Å². The van der Waals surface area contributed by atoms with Crippen molar-refractivity contribution >= 4 is 27.0 Å². The number of benzene rings is 4. The van der Waals surface area contributed by atoms with Gasteiger partial charge in [0.05, 0.1) is 0 Å². The van der Waals surface area contributed by atoms with Gasteiger partial charge in [0.2, 0.25) is 0 Å². The molecule has 0 aliphatic carbocycles. The van der Waals surface area contributed by atoms with Crippen molar-refractivity contribution in [2.45, 2.75) is 53.6 Å². The first-order valence-electron chi connectivity index (χ1n) is 14.1. The monoisotopic (exact) mass is 684 g/mol. The molecule has 216 valence electrons. The van der Waals surface area contributed by atoms with E-state index in [-0.39, 0.29) is 30.2 Å². The van der Waals surface area contributed by atoms with Gasteiger partial charge >= 0.3 is 41.9 Å². The molecule has 0 nitrogen and oxygen atoms in total. The van der Waals surface area contributed by atoms with Crippen LogP contribution in [0.15, 0.2) is 109 Å². The molecule has 0 saturated heterocycles. The van der Waals surface area contributed by atoms with Crippen LogP contribution < -0.4 is 24.8 Å². The van der Waals surface area contributed by atoms with Crippen molar-refractivity contribution in [3.8, 4) is 22.3 Å². The first kappa shape index (κ1) is 36.0. The summed E-state index contributed by atoms with van der Waals surface area (Å²) in [5.74, 6) is 0.584. The summed E-state index contributed by atoms with van der Waals surface area (Å²) in [4.78, 5) is 0. The zero-order valence-corrected chi connectivity index (χ0v) is 30.7. The van der Waals surface area contributed by atoms with Crippen LogP contribution in [0.4, 0.5) is 0 Å². The largest absolute Gasteiger partial charge is 1.00 e. The molecule has 0 aliphatic heterocycles. The summed E-state index contributed by atoms with van der Waals surface area (Å²) in [5, 5.41) is 5.47. The van der Waals surface area contributed by atoms with E-state index in [9.17, 15) is 0 Å². The van der Waals surface area contributed by atoms with E-state index in [1.54, 1.807) is 23.3 Å². The fourth-order valence-electron chi connectivity index (χ4n) is 5.16. The molecule has 0 aromatic heterocycles. The summed E-state index contributed by atoms with van der Waals surface area (Å²) < 4.78 is 0. The zero-order valence-electron chi connectivity index (χ0n) is 25.7. The summed E-state index contributed by atoms with van der Waals surface area (Å²) in [7, 11) is 0. The van der Waals surface area contributed by atoms with Crippen molar-refractivity contribution < 1.29 is 48.1 Å². The second-order valence-corrected chi connectivity index (χ2v) is 20.6. The van der Waals surface area contributed by atoms with Crippen molar-refractivity contribution in [1.82, 2.24) is 0 Å². The molecule has 0 atom stereocenters. The molecule has 0 bridgehead atoms. The minimum absolute atomic E-state index is 0. The van der Waals surface area contributed by atoms with Gasteiger partial charge in [-0.1, -0.05) is 106 Å². The number of hydrogen-bond acceptors (Lipinski definition) is 0. The van der Waals surface area contributed by atoms with Crippen molar-refractivity contribution in [1.29, 1.82) is 0 Å². The predicted octanol–water partition coefficient (Wildman–Crippen LogP) is 5.29. The van der Waals surface area contributed by atoms with Crippen LogP contribution in [0.3, 0.4) is 0 Å². The standard InChI is InChI=1S/2C18H17.C2H6Si.2ClH.Zr/c1-12-10-17-14(3)8-9-16(18(17)11-12)15-7-5-4-6-13(15)2;1-13(2)16-11-15-9-6-10-17(18(15)12-16)14-7-4-3-5-8-14;1-3-2;;;/h4-11H,1-3H3;3-13H,1-2H3;1-2H3;2*1H;/q2*-1;;;;+2/p-2. The minimum atomic E-state index is 0. The maximum Gasteiger partial charge on any atom is -0.0250 e. The van der Waals surface area contributed by atoms with E-state index in [1.807, 2.05) is 0 Å². The molecule has 0 radical (unpaired) electrons. The number of hydrogen-bond donors (Lipinski definition) is 0. The van der Waals surface area contributed by atoms with Crippen LogP contribution in [0.25, 0.3) is 43.8 Å². The van der Waals surface area contributed by atoms with Crippen LogP contribution in [0, 0.1) is 20.8 Å². The van der Waals surface area contributed by atoms with E-state index in [0.29, 0.717) is 5.92 Å². The van der Waals surface area contributed by atoms with Crippen LogP contribution >= 0.6 is 0 Å². The van der Waals surface area contributed by atoms with Crippen molar-refractivity contribution in [3.05, 3.63) is 131 Å². The van der Waals surface area contributed by atoms with Crippen LogP contribution in [0.2, 0.25) is 13.1 Å². The summed E-state index contributed by atoms with van der Waals surface area (Å²) in [5.41, 5.74) is 11.0. The molecule has 0 amide bonds. The van der Waals surface area contributed by atoms with Crippen LogP contribution in [-0.4, -0.2) is 5.43 Å². The Morgan fingerprint density at radius 2 is 1.24 bits per heavy atom. The Balaban J connectivity index is 0.000000250. The summed E-state index contributed by atoms with van der Waals surface area (Å²) in [6.07, 6.45) is 0. The van der Waals surface area contributed by atoms with Crippen molar-refractivity contribution in [2.24, 2.45) is 0 Å². The molecule has 0 heterocycles. The predicted molar refractivity (Wildman–Crippen MR) is 176 cm³/mol. The van der Waals surface area contributed by atoms with Crippen LogP contribution in [0.5, 0.6) is 0 Å². The van der Waals surface area contributed by atoms with Gasteiger partial charge in [0.25, 0.3) is 0 Å². The van der Waals surface area contributed by atoms with Gasteiger partial charge in [-0.2, -0.15) is 12.1 Å². The van der Waals surface area contributed by atoms with E-state index in [0.717, 1.165) is 0 Å². The minimum Gasteiger partial charge on any atom is -1.00 e. The summed E-state index contributed by atoms with van der Waals surface area (Å²) in [6, 6.07) is 39.5. The Bertz CT molecular complexity index is 1740. The van der Waals surface area contributed by atoms with Gasteiger partial charge in [-0.15, -0.1) is 68.6 Å². The molecule has 0 unspecified atom stereocenters. The average Bonchev–Trinajstić information content (AvgIpc) is 3.54. The molecule has 0 saturated carbocycles. The van der Waals surface area contributed by atoms with E-state index in [1.165, 1.54) is 66.1 Å². The molecule has 6 rings (SSSR count). The quantitative estimate of drug-likeness (QED) is 0.176. The average molecular weight is 687 g/mol. The van der Waals surface area contributed by atoms with Crippen LogP contribution in [-0.2, 0) is 23.3 Å². The van der Waals surface area contributed by atoms with E-state index in [2.05, 4.69) is 157 Å². The third-order valence-electron chi connectivity index (χ3n) is 7.21. The molecular weight excluding hydrogens is 647 g/mol. The zero-order chi connectivity index (χ0) is 28.8. The van der Waals surface area contributed by atoms with Gasteiger partial charge in [-0.25, -0.2) is 0 Å². The Morgan fingerprint density at radius 1 is 0.619 bits per heavy atom. The second-order valence-electron chi connectivity index (χ2n) is 11.2. The van der Waals surface area contributed by atoms with Gasteiger partial charge in [-0.3, -0.25) is 0 Å². The molecule has 42 heavy (non-hydrogen) atoms. The van der Waals surface area contributed by atoms with E-state index in [4.69, 9.17) is 0 Å². The van der Waals surface area contributed by atoms with Gasteiger partial charge in [0.15, 0.2) is 0 Å². The molecule has 0 spiro atoms. The van der Waals surface area contributed by atoms with Gasteiger partial charge in [0, 0.05) is 0 Å². The molecule has 4 heteroatoms. The topological polar surface area (TPSA) is 0 Å². The fourth-order valence-corrected chi connectivity index (χ4v) is 5.16. The molecular formula is C38H40Cl2SiZr-2. The normalized spacial score (nSPS) is 10.2. The number of fused-ring (bicyclic) bond motifs is 2. The van der Waals surface area contributed by atoms with Gasteiger partial charge in [-0.05, 0) is 29.5 Å². The first-order valence-corrected chi connectivity index (χ1v) is 20.3. The summed E-state index contributed by atoms with van der Waals surface area (Å²) >= 11 is 1.74. The van der Waals surface area contributed by atoms with Gasteiger partial charge < -0.3 is 24.8 Å². The first-order chi connectivity index (χ1) is 19.2. The smallest absolute Gasteiger partial charge is 0.0250 e. The fraction of sp³-hybridized carbons (Fsp3) is 0.211. The molecule has 0 N–H and O–H groups in total.